The molecule has 1 aromatic heterocycles. The Balaban J connectivity index is 0.000000341. The van der Waals surface area contributed by atoms with Crippen LogP contribution in [0.5, 0.6) is 0 Å². The van der Waals surface area contributed by atoms with Gasteiger partial charge in [0.2, 0.25) is 0 Å². The van der Waals surface area contributed by atoms with Gasteiger partial charge in [-0.1, -0.05) is 38.6 Å². The first-order valence-corrected chi connectivity index (χ1v) is 22.0. The summed E-state index contributed by atoms with van der Waals surface area (Å²) in [6, 6.07) is 11.4. The summed E-state index contributed by atoms with van der Waals surface area (Å²) in [7, 11) is 7.72. The number of likely N-dealkylation sites (N-methyl/N-ethyl adjacent to an activating group) is 1. The van der Waals surface area contributed by atoms with Crippen molar-refractivity contribution < 1.29 is 33.1 Å². The van der Waals surface area contributed by atoms with Crippen LogP contribution in [0.2, 0.25) is 0 Å². The number of piperidine rings is 2. The number of amides is 4. The highest BCUT2D eigenvalue weighted by Gasteiger charge is 2.35. The molecule has 3 saturated heterocycles. The fourth-order valence-electron chi connectivity index (χ4n) is 8.63. The molecule has 0 bridgehead atoms. The number of hydrogen-bond acceptors (Lipinski definition) is 11. The molecule has 16 nitrogen and oxygen atoms in total. The summed E-state index contributed by atoms with van der Waals surface area (Å²) < 4.78 is 18.1. The van der Waals surface area contributed by atoms with Gasteiger partial charge in [0.1, 0.15) is 0 Å². The van der Waals surface area contributed by atoms with Gasteiger partial charge in [0.05, 0.1) is 18.7 Å². The molecule has 7 rings (SSSR count). The van der Waals surface area contributed by atoms with E-state index in [4.69, 9.17) is 13.9 Å². The SMILES string of the molecule is C.CC1CCN(CC(=O)OCCCN(C)C)CC1.Cc1cc(C[C@@H](OC(=O)N2CCC(N3CCc4ccccc4NC3=O)CC2)C(=O)N2CCN(C)CC2)cc2oc(=O)n(C)c12. The minimum Gasteiger partial charge on any atom is -0.465 e. The highest BCUT2D eigenvalue weighted by Crippen LogP contribution is 2.26. The lowest BCUT2D eigenvalue weighted by Gasteiger charge is -2.38. The van der Waals surface area contributed by atoms with Crippen LogP contribution in [0.15, 0.2) is 45.6 Å². The molecule has 0 spiro atoms. The maximum atomic E-state index is 13.7. The van der Waals surface area contributed by atoms with Gasteiger partial charge in [-0.05, 0) is 114 Å². The average Bonchev–Trinajstić information content (AvgIpc) is 3.41. The zero-order valence-corrected chi connectivity index (χ0v) is 37.0. The molecule has 342 valence electrons. The lowest BCUT2D eigenvalue weighted by atomic mass is 9.99. The quantitative estimate of drug-likeness (QED) is 0.212. The molecule has 62 heavy (non-hydrogen) atoms. The minimum absolute atomic E-state index is 0. The molecule has 1 N–H and O–H groups in total. The number of para-hydroxylation sites is 1. The van der Waals surface area contributed by atoms with Crippen molar-refractivity contribution in [1.82, 2.24) is 34.0 Å². The fraction of sp³-hybridized carbons (Fsp3) is 0.630. The predicted octanol–water partition coefficient (Wildman–Crippen LogP) is 4.67. The van der Waals surface area contributed by atoms with Crippen LogP contribution in [-0.4, -0.2) is 170 Å². The van der Waals surface area contributed by atoms with E-state index in [1.54, 1.807) is 22.9 Å². The van der Waals surface area contributed by atoms with Crippen molar-refractivity contribution in [2.45, 2.75) is 78.4 Å². The number of carbonyl (C=O) groups excluding carboxylic acids is 4. The van der Waals surface area contributed by atoms with Gasteiger partial charge in [0, 0.05) is 77.6 Å². The highest BCUT2D eigenvalue weighted by molar-refractivity contribution is 5.91. The maximum Gasteiger partial charge on any atom is 0.419 e. The molecule has 0 aliphatic carbocycles. The number of benzene rings is 2. The average molecular weight is 863 g/mol. The molecule has 4 amide bonds. The van der Waals surface area contributed by atoms with Gasteiger partial charge in [-0.25, -0.2) is 14.4 Å². The van der Waals surface area contributed by atoms with Gasteiger partial charge >= 0.3 is 23.8 Å². The Morgan fingerprint density at radius 2 is 1.60 bits per heavy atom. The number of aromatic nitrogens is 1. The number of urea groups is 1. The van der Waals surface area contributed by atoms with Crippen molar-refractivity contribution in [3.8, 4) is 0 Å². The van der Waals surface area contributed by atoms with E-state index in [-0.39, 0.29) is 37.8 Å². The van der Waals surface area contributed by atoms with Crippen molar-refractivity contribution in [2.75, 3.05) is 105 Å². The molecule has 2 aromatic carbocycles. The number of fused-ring (bicyclic) bond motifs is 2. The summed E-state index contributed by atoms with van der Waals surface area (Å²) in [6.07, 6.45) is 3.94. The van der Waals surface area contributed by atoms with Gasteiger partial charge < -0.3 is 43.7 Å². The molecule has 5 heterocycles. The summed E-state index contributed by atoms with van der Waals surface area (Å²) in [6.45, 7) is 12.3. The molecule has 16 heteroatoms. The number of anilines is 1. The van der Waals surface area contributed by atoms with Crippen molar-refractivity contribution in [3.63, 3.8) is 0 Å². The lowest BCUT2D eigenvalue weighted by Crippen LogP contribution is -2.53. The smallest absolute Gasteiger partial charge is 0.419 e. The van der Waals surface area contributed by atoms with E-state index in [0.29, 0.717) is 69.8 Å². The Morgan fingerprint density at radius 3 is 2.29 bits per heavy atom. The third-order valence-electron chi connectivity index (χ3n) is 12.4. The summed E-state index contributed by atoms with van der Waals surface area (Å²) in [5, 5.41) is 3.03. The molecule has 4 aliphatic rings. The summed E-state index contributed by atoms with van der Waals surface area (Å²) in [5.74, 6) is 0.0532. The zero-order valence-electron chi connectivity index (χ0n) is 37.0. The van der Waals surface area contributed by atoms with E-state index < -0.39 is 18.0 Å². The Bertz CT molecular complexity index is 2030. The van der Waals surface area contributed by atoms with Crippen LogP contribution in [0.1, 0.15) is 63.1 Å². The number of oxazole rings is 1. The van der Waals surface area contributed by atoms with Crippen LogP contribution in [0.4, 0.5) is 15.3 Å². The number of nitrogens with one attached hydrogen (secondary N) is 1. The molecule has 3 aromatic rings. The third kappa shape index (κ3) is 12.8. The largest absolute Gasteiger partial charge is 0.465 e. The van der Waals surface area contributed by atoms with Gasteiger partial charge in [0.25, 0.3) is 5.91 Å². The molecule has 1 atom stereocenters. The summed E-state index contributed by atoms with van der Waals surface area (Å²) in [5.41, 5.74) is 4.68. The van der Waals surface area contributed by atoms with Crippen molar-refractivity contribution >= 4 is 40.8 Å². The monoisotopic (exact) mass is 863 g/mol. The summed E-state index contributed by atoms with van der Waals surface area (Å²) >= 11 is 0. The Hall–Kier alpha value is -4.93. The maximum absolute atomic E-state index is 13.7. The van der Waals surface area contributed by atoms with Gasteiger partial charge in [-0.15, -0.1) is 0 Å². The number of nitrogens with zero attached hydrogens (tertiary/aromatic N) is 7. The number of piperazine rings is 1. The van der Waals surface area contributed by atoms with Crippen LogP contribution >= 0.6 is 0 Å². The van der Waals surface area contributed by atoms with Crippen LogP contribution in [-0.2, 0) is 39.0 Å². The van der Waals surface area contributed by atoms with Gasteiger partial charge in [-0.2, -0.15) is 0 Å². The first-order valence-electron chi connectivity index (χ1n) is 22.0. The van der Waals surface area contributed by atoms with Crippen molar-refractivity contribution in [3.05, 3.63) is 63.6 Å². The second-order valence-corrected chi connectivity index (χ2v) is 17.5. The van der Waals surface area contributed by atoms with Crippen LogP contribution in [0.3, 0.4) is 0 Å². The van der Waals surface area contributed by atoms with Crippen LogP contribution < -0.4 is 11.1 Å². The molecular weight excluding hydrogens is 793 g/mol. The number of rotatable bonds is 11. The molecule has 0 saturated carbocycles. The topological polar surface area (TPSA) is 153 Å². The highest BCUT2D eigenvalue weighted by atomic mass is 16.6. The van der Waals surface area contributed by atoms with E-state index in [1.165, 1.54) is 17.4 Å². The predicted molar refractivity (Wildman–Crippen MR) is 240 cm³/mol. The van der Waals surface area contributed by atoms with E-state index in [2.05, 4.69) is 26.9 Å². The van der Waals surface area contributed by atoms with E-state index in [0.717, 1.165) is 73.9 Å². The number of carbonyl (C=O) groups is 4. The Labute approximate surface area is 367 Å². The van der Waals surface area contributed by atoms with Crippen LogP contribution in [0.25, 0.3) is 11.1 Å². The molecule has 0 unspecified atom stereocenters. The number of aryl methyl sites for hydroxylation is 2. The fourth-order valence-corrected chi connectivity index (χ4v) is 8.63. The molecular formula is C46H70N8O8. The lowest BCUT2D eigenvalue weighted by molar-refractivity contribution is -0.145. The van der Waals surface area contributed by atoms with Crippen LogP contribution in [0, 0.1) is 12.8 Å². The van der Waals surface area contributed by atoms with E-state index in [9.17, 15) is 24.0 Å². The molecule has 3 fully saturated rings. The van der Waals surface area contributed by atoms with Gasteiger partial charge in [-0.3, -0.25) is 19.1 Å². The van der Waals surface area contributed by atoms with Crippen molar-refractivity contribution in [1.29, 1.82) is 0 Å². The van der Waals surface area contributed by atoms with Gasteiger partial charge in [0.15, 0.2) is 11.7 Å². The number of likely N-dealkylation sites (tertiary alicyclic amines) is 2. The first-order chi connectivity index (χ1) is 29.2. The van der Waals surface area contributed by atoms with E-state index >= 15 is 0 Å². The Kier molecular flexibility index (Phi) is 17.4. The molecule has 4 aliphatic heterocycles. The summed E-state index contributed by atoms with van der Waals surface area (Å²) in [4.78, 5) is 75.7. The van der Waals surface area contributed by atoms with E-state index in [1.807, 2.05) is 63.3 Å². The second kappa shape index (κ2) is 22.4. The standard InChI is InChI=1S/C32H40N6O6.C13H26N2O2.CH4/c1-21-18-22(19-26-28(21)35(3)31(41)43-26)20-27(29(39)36-16-14-34(2)15-17-36)44-32(42)37-11-9-24(10-12-37)38-13-8-23-6-4-5-7-25(23)33-30(38)40;1-12-5-8-15(9-6-12)11-13(16)17-10-4-7-14(2)3;/h4-7,18-19,24,27H,8-17,20H2,1-3H3,(H,33,40);12H,4-11H2,1-3H3;1H4/t27-;;/m1../s1. The minimum atomic E-state index is -1.02. The number of esters is 1. The van der Waals surface area contributed by atoms with Crippen molar-refractivity contribution in [2.24, 2.45) is 13.0 Å². The number of hydrogen-bond donors (Lipinski definition) is 1. The normalized spacial score (nSPS) is 18.6. The molecule has 0 radical (unpaired) electrons. The second-order valence-electron chi connectivity index (χ2n) is 17.5. The Morgan fingerprint density at radius 1 is 0.903 bits per heavy atom. The number of ether oxygens (including phenoxy) is 2. The first kappa shape index (κ1) is 48.1. The zero-order chi connectivity index (χ0) is 43.6. The third-order valence-corrected chi connectivity index (χ3v) is 12.4.